The van der Waals surface area contributed by atoms with Gasteiger partial charge in [-0.3, -0.25) is 4.79 Å². The summed E-state index contributed by atoms with van der Waals surface area (Å²) in [6.07, 6.45) is 0. The molecule has 0 aliphatic heterocycles. The molecule has 3 aromatic rings. The van der Waals surface area contributed by atoms with Crippen molar-refractivity contribution in [1.29, 1.82) is 0 Å². The number of thiophene rings is 1. The quantitative estimate of drug-likeness (QED) is 0.728. The molecule has 0 bridgehead atoms. The molecule has 0 radical (unpaired) electrons. The zero-order valence-electron chi connectivity index (χ0n) is 11.1. The average Bonchev–Trinajstić information content (AvgIpc) is 2.88. The van der Waals surface area contributed by atoms with Gasteiger partial charge in [0.25, 0.3) is 5.91 Å². The average molecular weight is 303 g/mol. The summed E-state index contributed by atoms with van der Waals surface area (Å²) in [6, 6.07) is 10.6. The summed E-state index contributed by atoms with van der Waals surface area (Å²) >= 11 is 1.17. The Balaban J connectivity index is 1.93. The van der Waals surface area contributed by atoms with Crippen LogP contribution in [0, 0.1) is 18.6 Å². The fourth-order valence-corrected chi connectivity index (χ4v) is 3.03. The van der Waals surface area contributed by atoms with Crippen LogP contribution >= 0.6 is 11.3 Å². The summed E-state index contributed by atoms with van der Waals surface area (Å²) in [7, 11) is 0. The maximum absolute atomic E-state index is 13.6. The largest absolute Gasteiger partial charge is 0.319 e. The number of aryl methyl sites for hydroxylation is 1. The van der Waals surface area contributed by atoms with Crippen LogP contribution in [0.25, 0.3) is 10.1 Å². The molecule has 0 fully saturated rings. The molecule has 0 spiro atoms. The van der Waals surface area contributed by atoms with Gasteiger partial charge in [-0.2, -0.15) is 0 Å². The second-order valence-corrected chi connectivity index (χ2v) is 5.78. The van der Waals surface area contributed by atoms with E-state index in [1.54, 1.807) is 24.3 Å². The first-order valence-corrected chi connectivity index (χ1v) is 7.12. The number of anilines is 1. The number of halogens is 2. The Hall–Kier alpha value is -2.27. The highest BCUT2D eigenvalue weighted by atomic mass is 32.1. The molecule has 1 aromatic heterocycles. The standard InChI is InChI=1S/C16H11F2NOS/c1-9-5-6-12(18)13(7-9)19-16(20)15-8-10-11(17)3-2-4-14(10)21-15/h2-8H,1H3,(H,19,20). The highest BCUT2D eigenvalue weighted by Gasteiger charge is 2.14. The minimum absolute atomic E-state index is 0.123. The fraction of sp³-hybridized carbons (Fsp3) is 0.0625. The van der Waals surface area contributed by atoms with Gasteiger partial charge in [-0.05, 0) is 42.8 Å². The topological polar surface area (TPSA) is 29.1 Å². The van der Waals surface area contributed by atoms with E-state index in [1.165, 1.54) is 29.5 Å². The lowest BCUT2D eigenvalue weighted by molar-refractivity contribution is 0.103. The van der Waals surface area contributed by atoms with Gasteiger partial charge in [0.05, 0.1) is 10.6 Å². The zero-order valence-corrected chi connectivity index (χ0v) is 11.9. The number of fused-ring (bicyclic) bond motifs is 1. The number of hydrogen-bond acceptors (Lipinski definition) is 2. The van der Waals surface area contributed by atoms with Crippen molar-refractivity contribution in [3.63, 3.8) is 0 Å². The number of nitrogens with one attached hydrogen (secondary N) is 1. The molecule has 0 aliphatic rings. The van der Waals surface area contributed by atoms with Gasteiger partial charge in [0.15, 0.2) is 0 Å². The lowest BCUT2D eigenvalue weighted by Gasteiger charge is -2.05. The Morgan fingerprint density at radius 2 is 1.90 bits per heavy atom. The van der Waals surface area contributed by atoms with Gasteiger partial charge >= 0.3 is 0 Å². The van der Waals surface area contributed by atoms with E-state index in [0.717, 1.165) is 5.56 Å². The maximum Gasteiger partial charge on any atom is 0.265 e. The maximum atomic E-state index is 13.6. The number of hydrogen-bond donors (Lipinski definition) is 1. The Morgan fingerprint density at radius 1 is 1.10 bits per heavy atom. The van der Waals surface area contributed by atoms with Crippen LogP contribution < -0.4 is 5.32 Å². The van der Waals surface area contributed by atoms with Crippen molar-refractivity contribution in [3.8, 4) is 0 Å². The molecule has 1 amide bonds. The summed E-state index contributed by atoms with van der Waals surface area (Å²) < 4.78 is 27.9. The van der Waals surface area contributed by atoms with Gasteiger partial charge in [-0.25, -0.2) is 8.78 Å². The van der Waals surface area contributed by atoms with E-state index in [0.29, 0.717) is 15.0 Å². The third-order valence-electron chi connectivity index (χ3n) is 3.10. The normalized spacial score (nSPS) is 10.8. The number of rotatable bonds is 2. The van der Waals surface area contributed by atoms with E-state index in [1.807, 2.05) is 6.92 Å². The van der Waals surface area contributed by atoms with Crippen molar-refractivity contribution in [2.75, 3.05) is 5.32 Å². The van der Waals surface area contributed by atoms with Crippen molar-refractivity contribution in [2.45, 2.75) is 6.92 Å². The van der Waals surface area contributed by atoms with Crippen LogP contribution in [0.4, 0.5) is 14.5 Å². The molecule has 2 aromatic carbocycles. The van der Waals surface area contributed by atoms with Crippen LogP contribution in [0.2, 0.25) is 0 Å². The predicted molar refractivity (Wildman–Crippen MR) is 80.9 cm³/mol. The van der Waals surface area contributed by atoms with E-state index in [9.17, 15) is 13.6 Å². The Kier molecular flexibility index (Phi) is 3.43. The highest BCUT2D eigenvalue weighted by molar-refractivity contribution is 7.20. The van der Waals surface area contributed by atoms with Crippen molar-refractivity contribution in [2.24, 2.45) is 0 Å². The molecule has 106 valence electrons. The van der Waals surface area contributed by atoms with Crippen LogP contribution in [0.3, 0.4) is 0 Å². The molecule has 3 rings (SSSR count). The molecule has 1 heterocycles. The van der Waals surface area contributed by atoms with Crippen LogP contribution in [0.5, 0.6) is 0 Å². The van der Waals surface area contributed by atoms with Crippen molar-refractivity contribution < 1.29 is 13.6 Å². The highest BCUT2D eigenvalue weighted by Crippen LogP contribution is 2.28. The minimum atomic E-state index is -0.499. The number of benzene rings is 2. The fourth-order valence-electron chi connectivity index (χ4n) is 2.06. The first-order chi connectivity index (χ1) is 10.0. The molecule has 0 unspecified atom stereocenters. The molecular formula is C16H11F2NOS. The molecule has 5 heteroatoms. The molecule has 2 nitrogen and oxygen atoms in total. The van der Waals surface area contributed by atoms with Crippen molar-refractivity contribution in [1.82, 2.24) is 0 Å². The van der Waals surface area contributed by atoms with Crippen LogP contribution in [0.15, 0.2) is 42.5 Å². The number of amides is 1. The number of carbonyl (C=O) groups excluding carboxylic acids is 1. The van der Waals surface area contributed by atoms with Crippen molar-refractivity contribution in [3.05, 3.63) is 64.5 Å². The first kappa shape index (κ1) is 13.7. The molecule has 0 atom stereocenters. The third kappa shape index (κ3) is 2.64. The van der Waals surface area contributed by atoms with Gasteiger partial charge in [0, 0.05) is 10.1 Å². The van der Waals surface area contributed by atoms with Crippen molar-refractivity contribution >= 4 is 33.0 Å². The summed E-state index contributed by atoms with van der Waals surface area (Å²) in [5, 5.41) is 2.92. The monoisotopic (exact) mass is 303 g/mol. The van der Waals surface area contributed by atoms with Crippen LogP contribution in [0.1, 0.15) is 15.2 Å². The number of carbonyl (C=O) groups is 1. The lowest BCUT2D eigenvalue weighted by atomic mass is 10.2. The molecular weight excluding hydrogens is 292 g/mol. The van der Waals surface area contributed by atoms with E-state index in [4.69, 9.17) is 0 Å². The van der Waals surface area contributed by atoms with E-state index >= 15 is 0 Å². The van der Waals surface area contributed by atoms with Gasteiger partial charge in [0.1, 0.15) is 11.6 Å². The second kappa shape index (κ2) is 5.26. The smallest absolute Gasteiger partial charge is 0.265 e. The van der Waals surface area contributed by atoms with E-state index < -0.39 is 11.7 Å². The summed E-state index contributed by atoms with van der Waals surface area (Å²) in [5.41, 5.74) is 0.965. The first-order valence-electron chi connectivity index (χ1n) is 6.30. The van der Waals surface area contributed by atoms with Gasteiger partial charge in [-0.15, -0.1) is 11.3 Å². The Labute approximate surface area is 124 Å². The van der Waals surface area contributed by atoms with Gasteiger partial charge in [0.2, 0.25) is 0 Å². The van der Waals surface area contributed by atoms with Crippen LogP contribution in [-0.4, -0.2) is 5.91 Å². The summed E-state index contributed by atoms with van der Waals surface area (Å²) in [6.45, 7) is 1.81. The minimum Gasteiger partial charge on any atom is -0.319 e. The summed E-state index contributed by atoms with van der Waals surface area (Å²) in [5.74, 6) is -1.31. The Morgan fingerprint density at radius 3 is 2.67 bits per heavy atom. The second-order valence-electron chi connectivity index (χ2n) is 4.70. The van der Waals surface area contributed by atoms with Gasteiger partial charge < -0.3 is 5.32 Å². The SMILES string of the molecule is Cc1ccc(F)c(NC(=O)c2cc3c(F)cccc3s2)c1. The molecule has 0 saturated heterocycles. The van der Waals surface area contributed by atoms with E-state index in [-0.39, 0.29) is 11.5 Å². The molecule has 21 heavy (non-hydrogen) atoms. The van der Waals surface area contributed by atoms with Gasteiger partial charge in [-0.1, -0.05) is 12.1 Å². The molecule has 1 N–H and O–H groups in total. The lowest BCUT2D eigenvalue weighted by Crippen LogP contribution is -2.11. The predicted octanol–water partition coefficient (Wildman–Crippen LogP) is 4.74. The zero-order chi connectivity index (χ0) is 15.0. The van der Waals surface area contributed by atoms with E-state index in [2.05, 4.69) is 5.32 Å². The van der Waals surface area contributed by atoms with Crippen LogP contribution in [-0.2, 0) is 0 Å². The molecule has 0 saturated carbocycles. The third-order valence-corrected chi connectivity index (χ3v) is 4.20. The summed E-state index contributed by atoms with van der Waals surface area (Å²) in [4.78, 5) is 12.5. The molecule has 0 aliphatic carbocycles. The Bertz CT molecular complexity index is 841.